The van der Waals surface area contributed by atoms with Crippen molar-refractivity contribution in [3.63, 3.8) is 0 Å². The molecule has 1 saturated heterocycles. The first-order chi connectivity index (χ1) is 18.4. The number of nitrogens with one attached hydrogen (secondary N) is 1. The summed E-state index contributed by atoms with van der Waals surface area (Å²) in [5, 5.41) is 29.1. The first kappa shape index (κ1) is 25.3. The summed E-state index contributed by atoms with van der Waals surface area (Å²) in [4.78, 5) is 23.8. The standard InChI is InChI=1S/C25H27BrN8O3S/c1-15-30-31-22(38-15)16-2-4-18(5-3-16)34-21-19(20(26)32-34)13-27-24(29-21)28-17-6-7-25(12-17,23(35)36)14-33-8-10-37-11-9-33/h2-5,13,17H,6-12,14H2,1H3,(H,35,36)(H,27,28,29)/t17-,25?/m1/s1. The summed E-state index contributed by atoms with van der Waals surface area (Å²) in [5.41, 5.74) is 1.72. The van der Waals surface area contributed by atoms with E-state index in [0.717, 1.165) is 46.2 Å². The highest BCUT2D eigenvalue weighted by molar-refractivity contribution is 9.10. The monoisotopic (exact) mass is 598 g/mol. The van der Waals surface area contributed by atoms with E-state index in [4.69, 9.17) is 9.72 Å². The summed E-state index contributed by atoms with van der Waals surface area (Å²) >= 11 is 5.08. The van der Waals surface area contributed by atoms with E-state index < -0.39 is 11.4 Å². The third-order valence-corrected chi connectivity index (χ3v) is 8.76. The van der Waals surface area contributed by atoms with E-state index in [-0.39, 0.29) is 6.04 Å². The van der Waals surface area contributed by atoms with Crippen LogP contribution in [0.25, 0.3) is 27.3 Å². The number of aromatic nitrogens is 6. The minimum Gasteiger partial charge on any atom is -0.481 e. The SMILES string of the molecule is Cc1nnc(-c2ccc(-n3nc(Br)c4cnc(N[C@@H]5CCC(CN6CCOCC6)(C(=O)O)C5)nc43)cc2)s1. The van der Waals surface area contributed by atoms with Crippen molar-refractivity contribution in [3.8, 4) is 16.3 Å². The van der Waals surface area contributed by atoms with Crippen LogP contribution in [0.2, 0.25) is 0 Å². The average molecular weight is 600 g/mol. The van der Waals surface area contributed by atoms with Gasteiger partial charge in [0.15, 0.2) is 5.65 Å². The Balaban J connectivity index is 1.22. The molecule has 0 spiro atoms. The zero-order valence-corrected chi connectivity index (χ0v) is 23.2. The molecule has 4 heterocycles. The molecule has 2 aliphatic rings. The molecule has 1 saturated carbocycles. The molecule has 1 aliphatic heterocycles. The topological polar surface area (TPSA) is 131 Å². The molecule has 38 heavy (non-hydrogen) atoms. The van der Waals surface area contributed by atoms with Crippen molar-refractivity contribution in [2.75, 3.05) is 38.2 Å². The summed E-state index contributed by atoms with van der Waals surface area (Å²) in [5.74, 6) is -0.275. The van der Waals surface area contributed by atoms with Crippen LogP contribution in [0.15, 0.2) is 35.1 Å². The fourth-order valence-electron chi connectivity index (χ4n) is 5.30. The molecule has 0 bridgehead atoms. The van der Waals surface area contributed by atoms with Gasteiger partial charge >= 0.3 is 5.97 Å². The molecule has 198 valence electrons. The predicted molar refractivity (Wildman–Crippen MR) is 147 cm³/mol. The van der Waals surface area contributed by atoms with Crippen molar-refractivity contribution in [2.24, 2.45) is 5.41 Å². The van der Waals surface area contributed by atoms with Crippen molar-refractivity contribution < 1.29 is 14.6 Å². The molecule has 1 aliphatic carbocycles. The van der Waals surface area contributed by atoms with Crippen LogP contribution < -0.4 is 5.32 Å². The second-order valence-corrected chi connectivity index (χ2v) is 11.8. The Kier molecular flexibility index (Phi) is 6.84. The quantitative estimate of drug-likeness (QED) is 0.324. The number of benzene rings is 1. The van der Waals surface area contributed by atoms with E-state index in [2.05, 4.69) is 46.4 Å². The van der Waals surface area contributed by atoms with Crippen LogP contribution >= 0.6 is 27.3 Å². The van der Waals surface area contributed by atoms with Gasteiger partial charge in [0.1, 0.15) is 14.6 Å². The first-order valence-electron chi connectivity index (χ1n) is 12.5. The number of rotatable bonds is 7. The van der Waals surface area contributed by atoms with Crippen LogP contribution in [0.1, 0.15) is 24.3 Å². The van der Waals surface area contributed by atoms with Gasteiger partial charge in [-0.25, -0.2) is 9.67 Å². The Labute approximate surface area is 231 Å². The number of hydrogen-bond donors (Lipinski definition) is 2. The number of carboxylic acids is 1. The second-order valence-electron chi connectivity index (χ2n) is 9.86. The van der Waals surface area contributed by atoms with Crippen LogP contribution in [0.3, 0.4) is 0 Å². The number of anilines is 1. The lowest BCUT2D eigenvalue weighted by atomic mass is 9.85. The molecule has 1 unspecified atom stereocenters. The number of aliphatic carboxylic acids is 1. The number of fused-ring (bicyclic) bond motifs is 1. The van der Waals surface area contributed by atoms with Gasteiger partial charge in [0.05, 0.1) is 29.7 Å². The number of carboxylic acid groups (broad SMARTS) is 1. The molecule has 2 atom stereocenters. The third-order valence-electron chi connectivity index (χ3n) is 7.29. The van der Waals surface area contributed by atoms with Gasteiger partial charge in [-0.1, -0.05) is 11.3 Å². The minimum atomic E-state index is -0.781. The lowest BCUT2D eigenvalue weighted by molar-refractivity contribution is -0.150. The van der Waals surface area contributed by atoms with Gasteiger partial charge in [0, 0.05) is 37.4 Å². The maximum Gasteiger partial charge on any atom is 0.311 e. The van der Waals surface area contributed by atoms with Crippen molar-refractivity contribution >= 4 is 50.2 Å². The van der Waals surface area contributed by atoms with Gasteiger partial charge in [-0.15, -0.1) is 10.2 Å². The van der Waals surface area contributed by atoms with E-state index in [1.54, 1.807) is 22.2 Å². The second kappa shape index (κ2) is 10.3. The number of morpholine rings is 1. The summed E-state index contributed by atoms with van der Waals surface area (Å²) in [6.07, 6.45) is 3.62. The van der Waals surface area contributed by atoms with Gasteiger partial charge in [-0.3, -0.25) is 9.69 Å². The molecule has 4 aromatic rings. The van der Waals surface area contributed by atoms with E-state index in [0.29, 0.717) is 48.8 Å². The molecule has 1 aromatic carbocycles. The van der Waals surface area contributed by atoms with E-state index in [1.165, 1.54) is 0 Å². The molecule has 11 nitrogen and oxygen atoms in total. The normalized spacial score (nSPS) is 22.2. The number of ether oxygens (including phenoxy) is 1. The minimum absolute atomic E-state index is 0.0287. The summed E-state index contributed by atoms with van der Waals surface area (Å²) in [7, 11) is 0. The van der Waals surface area contributed by atoms with Crippen LogP contribution in [-0.4, -0.2) is 84.8 Å². The molecular formula is C25H27BrN8O3S. The molecule has 2 fully saturated rings. The highest BCUT2D eigenvalue weighted by atomic mass is 79.9. The van der Waals surface area contributed by atoms with E-state index >= 15 is 0 Å². The van der Waals surface area contributed by atoms with Gasteiger partial charge in [0.25, 0.3) is 0 Å². The fraction of sp³-hybridized carbons (Fsp3) is 0.440. The summed E-state index contributed by atoms with van der Waals surface area (Å²) in [6.45, 7) is 5.32. The first-order valence-corrected chi connectivity index (χ1v) is 14.1. The molecule has 6 rings (SSSR count). The summed E-state index contributed by atoms with van der Waals surface area (Å²) in [6, 6.07) is 7.91. The third kappa shape index (κ3) is 4.91. The van der Waals surface area contributed by atoms with Gasteiger partial charge in [-0.2, -0.15) is 10.1 Å². The zero-order chi connectivity index (χ0) is 26.3. The van der Waals surface area contributed by atoms with Crippen LogP contribution in [0, 0.1) is 12.3 Å². The number of carbonyl (C=O) groups is 1. The molecule has 0 amide bonds. The average Bonchev–Trinajstić information content (AvgIpc) is 3.63. The summed E-state index contributed by atoms with van der Waals surface area (Å²) < 4.78 is 7.86. The van der Waals surface area contributed by atoms with Crippen molar-refractivity contribution in [2.45, 2.75) is 32.2 Å². The highest BCUT2D eigenvalue weighted by Gasteiger charge is 2.47. The Morgan fingerprint density at radius 1 is 1.26 bits per heavy atom. The number of halogens is 1. The number of aryl methyl sites for hydroxylation is 1. The zero-order valence-electron chi connectivity index (χ0n) is 20.8. The van der Waals surface area contributed by atoms with Crippen molar-refractivity contribution in [3.05, 3.63) is 40.1 Å². The molecule has 2 N–H and O–H groups in total. The molecule has 13 heteroatoms. The van der Waals surface area contributed by atoms with E-state index in [1.807, 2.05) is 31.2 Å². The fourth-order valence-corrected chi connectivity index (χ4v) is 6.44. The van der Waals surface area contributed by atoms with Gasteiger partial charge in [0.2, 0.25) is 5.95 Å². The molecule has 3 aromatic heterocycles. The van der Waals surface area contributed by atoms with Gasteiger partial charge < -0.3 is 15.2 Å². The lowest BCUT2D eigenvalue weighted by Gasteiger charge is -2.34. The van der Waals surface area contributed by atoms with Crippen LogP contribution in [0.4, 0.5) is 5.95 Å². The maximum atomic E-state index is 12.3. The molecular weight excluding hydrogens is 572 g/mol. The highest BCUT2D eigenvalue weighted by Crippen LogP contribution is 2.40. The number of nitrogens with zero attached hydrogens (tertiary/aromatic N) is 7. The smallest absolute Gasteiger partial charge is 0.311 e. The van der Waals surface area contributed by atoms with Crippen molar-refractivity contribution in [1.82, 2.24) is 34.8 Å². The Morgan fingerprint density at radius 3 is 2.76 bits per heavy atom. The maximum absolute atomic E-state index is 12.3. The van der Waals surface area contributed by atoms with Crippen LogP contribution in [0.5, 0.6) is 0 Å². The Hall–Kier alpha value is -3.00. The largest absolute Gasteiger partial charge is 0.481 e. The Bertz CT molecular complexity index is 1470. The predicted octanol–water partition coefficient (Wildman–Crippen LogP) is 3.77. The Morgan fingerprint density at radius 2 is 2.05 bits per heavy atom. The lowest BCUT2D eigenvalue weighted by Crippen LogP contribution is -2.46. The van der Waals surface area contributed by atoms with Gasteiger partial charge in [-0.05, 0) is 66.4 Å². The molecule has 0 radical (unpaired) electrons. The van der Waals surface area contributed by atoms with Crippen molar-refractivity contribution in [1.29, 1.82) is 0 Å². The van der Waals surface area contributed by atoms with E-state index in [9.17, 15) is 9.90 Å². The number of hydrogen-bond acceptors (Lipinski definition) is 10. The van der Waals surface area contributed by atoms with Crippen LogP contribution in [-0.2, 0) is 9.53 Å².